The molecule has 0 unspecified atom stereocenters. The first-order chi connectivity index (χ1) is 4.20. The van der Waals surface area contributed by atoms with Gasteiger partial charge in [-0.05, 0) is 0 Å². The lowest BCUT2D eigenvalue weighted by Crippen LogP contribution is -2.07. The summed E-state index contributed by atoms with van der Waals surface area (Å²) in [5.74, 6) is 0. The first-order valence-electron chi connectivity index (χ1n) is 2.59. The van der Waals surface area contributed by atoms with Gasteiger partial charge < -0.3 is 10.6 Å². The van der Waals surface area contributed by atoms with Crippen molar-refractivity contribution >= 4 is 21.5 Å². The Bertz CT molecular complexity index is 194. The Kier molecular flexibility index (Phi) is 1.57. The molecule has 0 fully saturated rings. The average molecular weight is 143 g/mol. The van der Waals surface area contributed by atoms with Gasteiger partial charge in [0.15, 0.2) is 5.13 Å². The molecular weight excluding hydrogens is 134 g/mol. The minimum Gasteiger partial charge on any atom is -0.389 e. The van der Waals surface area contributed by atoms with Crippen molar-refractivity contribution in [3.63, 3.8) is 0 Å². The molecule has 0 radical (unpaired) electrons. The maximum atomic E-state index is 5.45. The first-order valence-corrected chi connectivity index (χ1v) is 3.40. The van der Waals surface area contributed by atoms with Crippen molar-refractivity contribution in [3.8, 4) is 0 Å². The van der Waals surface area contributed by atoms with Crippen LogP contribution in [0.4, 0.5) is 10.1 Å². The Morgan fingerprint density at radius 2 is 2.33 bits per heavy atom. The minimum absolute atomic E-state index is 0.763. The van der Waals surface area contributed by atoms with Crippen LogP contribution >= 0.6 is 11.3 Å². The third-order valence-corrected chi connectivity index (χ3v) is 1.89. The predicted octanol–water partition coefficient (Wildman–Crippen LogP) is 0.791. The van der Waals surface area contributed by atoms with Gasteiger partial charge in [0.05, 0.1) is 6.20 Å². The molecule has 0 saturated heterocycles. The molecule has 1 rings (SSSR count). The molecule has 3 nitrogen and oxygen atoms in total. The van der Waals surface area contributed by atoms with E-state index >= 15 is 0 Å². The third-order valence-electron chi connectivity index (χ3n) is 0.894. The lowest BCUT2D eigenvalue weighted by Gasteiger charge is -2.04. The molecule has 1 aromatic rings. The fourth-order valence-electron chi connectivity index (χ4n) is 0.484. The number of hydrogen-bond acceptors (Lipinski definition) is 4. The maximum absolute atomic E-state index is 5.45. The standard InChI is InChI=1S/C5H9N3S/c1-8(2)5-7-3-4(6)9-5/h3H,6H2,1-2H3. The number of anilines is 2. The van der Waals surface area contributed by atoms with E-state index in [1.54, 1.807) is 6.20 Å². The Labute approximate surface area is 58.1 Å². The van der Waals surface area contributed by atoms with Crippen molar-refractivity contribution < 1.29 is 0 Å². The third kappa shape index (κ3) is 1.32. The molecule has 2 N–H and O–H groups in total. The van der Waals surface area contributed by atoms with Crippen molar-refractivity contribution in [2.24, 2.45) is 0 Å². The highest BCUT2D eigenvalue weighted by molar-refractivity contribution is 7.19. The van der Waals surface area contributed by atoms with Crippen LogP contribution in [-0.2, 0) is 0 Å². The molecule has 1 heterocycles. The largest absolute Gasteiger partial charge is 0.389 e. The topological polar surface area (TPSA) is 42.2 Å². The molecule has 0 aliphatic heterocycles. The van der Waals surface area contributed by atoms with Gasteiger partial charge in [-0.2, -0.15) is 0 Å². The highest BCUT2D eigenvalue weighted by atomic mass is 32.1. The molecule has 0 atom stereocenters. The van der Waals surface area contributed by atoms with E-state index in [2.05, 4.69) is 4.98 Å². The number of nitrogens with two attached hydrogens (primary N) is 1. The van der Waals surface area contributed by atoms with Crippen LogP contribution in [0.5, 0.6) is 0 Å². The monoisotopic (exact) mass is 143 g/mol. The molecule has 0 saturated carbocycles. The summed E-state index contributed by atoms with van der Waals surface area (Å²) in [6.45, 7) is 0. The second kappa shape index (κ2) is 2.23. The van der Waals surface area contributed by atoms with Crippen molar-refractivity contribution in [2.45, 2.75) is 0 Å². The fourth-order valence-corrected chi connectivity index (χ4v) is 1.09. The number of rotatable bonds is 1. The number of hydrogen-bond donors (Lipinski definition) is 1. The van der Waals surface area contributed by atoms with E-state index in [1.807, 2.05) is 19.0 Å². The highest BCUT2D eigenvalue weighted by Crippen LogP contribution is 2.21. The second-order valence-corrected chi connectivity index (χ2v) is 2.98. The average Bonchev–Trinajstić information content (AvgIpc) is 2.14. The maximum Gasteiger partial charge on any atom is 0.186 e. The Morgan fingerprint density at radius 1 is 1.67 bits per heavy atom. The zero-order valence-corrected chi connectivity index (χ0v) is 6.27. The van der Waals surface area contributed by atoms with Gasteiger partial charge in [0.2, 0.25) is 0 Å². The van der Waals surface area contributed by atoms with E-state index in [4.69, 9.17) is 5.73 Å². The van der Waals surface area contributed by atoms with Crippen molar-refractivity contribution in [1.82, 2.24) is 4.98 Å². The Hall–Kier alpha value is -0.770. The normalized spacial score (nSPS) is 9.56. The lowest BCUT2D eigenvalue weighted by molar-refractivity contribution is 1.11. The summed E-state index contributed by atoms with van der Waals surface area (Å²) in [5, 5.41) is 1.71. The zero-order chi connectivity index (χ0) is 6.85. The summed E-state index contributed by atoms with van der Waals surface area (Å²) >= 11 is 1.49. The highest BCUT2D eigenvalue weighted by Gasteiger charge is 1.97. The van der Waals surface area contributed by atoms with Gasteiger partial charge in [-0.1, -0.05) is 11.3 Å². The molecule has 0 aromatic carbocycles. The van der Waals surface area contributed by atoms with Crippen LogP contribution in [0.3, 0.4) is 0 Å². The second-order valence-electron chi connectivity index (χ2n) is 1.94. The minimum atomic E-state index is 0.763. The van der Waals surface area contributed by atoms with Crippen molar-refractivity contribution in [1.29, 1.82) is 0 Å². The van der Waals surface area contributed by atoms with Crippen LogP contribution in [0.2, 0.25) is 0 Å². The summed E-state index contributed by atoms with van der Waals surface area (Å²) in [5.41, 5.74) is 5.45. The molecule has 0 amide bonds. The lowest BCUT2D eigenvalue weighted by atomic mass is 10.8. The number of nitrogens with zero attached hydrogens (tertiary/aromatic N) is 2. The van der Waals surface area contributed by atoms with E-state index < -0.39 is 0 Å². The van der Waals surface area contributed by atoms with E-state index in [9.17, 15) is 0 Å². The van der Waals surface area contributed by atoms with Crippen LogP contribution in [0.25, 0.3) is 0 Å². The van der Waals surface area contributed by atoms with E-state index in [-0.39, 0.29) is 0 Å². The number of aromatic nitrogens is 1. The van der Waals surface area contributed by atoms with Gasteiger partial charge in [0.1, 0.15) is 5.00 Å². The van der Waals surface area contributed by atoms with Gasteiger partial charge in [0, 0.05) is 14.1 Å². The Morgan fingerprint density at radius 3 is 2.56 bits per heavy atom. The predicted molar refractivity (Wildman–Crippen MR) is 40.9 cm³/mol. The smallest absolute Gasteiger partial charge is 0.186 e. The van der Waals surface area contributed by atoms with E-state index in [1.165, 1.54) is 11.3 Å². The molecule has 4 heteroatoms. The van der Waals surface area contributed by atoms with Gasteiger partial charge in [-0.3, -0.25) is 0 Å². The first kappa shape index (κ1) is 6.35. The molecule has 0 spiro atoms. The van der Waals surface area contributed by atoms with Crippen LogP contribution in [0, 0.1) is 0 Å². The summed E-state index contributed by atoms with van der Waals surface area (Å²) in [6.07, 6.45) is 1.67. The molecular formula is C5H9N3S. The van der Waals surface area contributed by atoms with Crippen molar-refractivity contribution in [2.75, 3.05) is 24.7 Å². The molecule has 0 aliphatic carbocycles. The van der Waals surface area contributed by atoms with Gasteiger partial charge >= 0.3 is 0 Å². The SMILES string of the molecule is CN(C)c1ncc(N)s1. The number of nitrogen functional groups attached to an aromatic ring is 1. The van der Waals surface area contributed by atoms with Gasteiger partial charge in [0.25, 0.3) is 0 Å². The molecule has 9 heavy (non-hydrogen) atoms. The molecule has 1 aromatic heterocycles. The van der Waals surface area contributed by atoms with E-state index in [0.29, 0.717) is 0 Å². The van der Waals surface area contributed by atoms with Gasteiger partial charge in [-0.25, -0.2) is 4.98 Å². The van der Waals surface area contributed by atoms with Crippen LogP contribution in [-0.4, -0.2) is 19.1 Å². The zero-order valence-electron chi connectivity index (χ0n) is 5.46. The van der Waals surface area contributed by atoms with Crippen LogP contribution < -0.4 is 10.6 Å². The summed E-state index contributed by atoms with van der Waals surface area (Å²) in [7, 11) is 3.89. The fraction of sp³-hybridized carbons (Fsp3) is 0.400. The summed E-state index contributed by atoms with van der Waals surface area (Å²) in [4.78, 5) is 5.97. The molecule has 0 bridgehead atoms. The number of thiazole rings is 1. The quantitative estimate of drug-likeness (QED) is 0.632. The van der Waals surface area contributed by atoms with Crippen molar-refractivity contribution in [3.05, 3.63) is 6.20 Å². The van der Waals surface area contributed by atoms with Crippen LogP contribution in [0.1, 0.15) is 0 Å². The Balaban J connectivity index is 2.85. The summed E-state index contributed by atoms with van der Waals surface area (Å²) < 4.78 is 0. The molecule has 50 valence electrons. The summed E-state index contributed by atoms with van der Waals surface area (Å²) in [6, 6.07) is 0. The van der Waals surface area contributed by atoms with Crippen LogP contribution in [0.15, 0.2) is 6.20 Å². The molecule has 0 aliphatic rings. The van der Waals surface area contributed by atoms with Gasteiger partial charge in [-0.15, -0.1) is 0 Å². The van der Waals surface area contributed by atoms with E-state index in [0.717, 1.165) is 10.1 Å².